The summed E-state index contributed by atoms with van der Waals surface area (Å²) < 4.78 is 12.4. The number of ether oxygens (including phenoxy) is 2. The van der Waals surface area contributed by atoms with E-state index < -0.39 is 10.8 Å². The number of nitriles is 1. The Morgan fingerprint density at radius 2 is 1.97 bits per heavy atom. The standard InChI is InChI=1S/C26H20N4O5S/c1-2-34-23-11-17(7-9-22(23)35-16-19-6-4-3-5-18(19)14-27)15-28-29-26(31)25-13-20-12-21(30(32)33)8-10-24(20)36-25/h3-13,15H,2,16H2,1H3,(H,29,31)/b28-15-. The van der Waals surface area contributed by atoms with E-state index in [1.54, 1.807) is 42.5 Å². The highest BCUT2D eigenvalue weighted by Crippen LogP contribution is 2.30. The summed E-state index contributed by atoms with van der Waals surface area (Å²) in [6.07, 6.45) is 1.48. The highest BCUT2D eigenvalue weighted by Gasteiger charge is 2.13. The summed E-state index contributed by atoms with van der Waals surface area (Å²) in [4.78, 5) is 23.4. The molecule has 0 aliphatic carbocycles. The zero-order valence-electron chi connectivity index (χ0n) is 19.1. The molecule has 0 spiro atoms. The minimum atomic E-state index is -0.473. The van der Waals surface area contributed by atoms with Gasteiger partial charge in [0, 0.05) is 27.8 Å². The molecule has 10 heteroatoms. The molecule has 4 aromatic rings. The fourth-order valence-corrected chi connectivity index (χ4v) is 4.31. The van der Waals surface area contributed by atoms with Crippen LogP contribution >= 0.6 is 11.3 Å². The van der Waals surface area contributed by atoms with Crippen LogP contribution in [0.3, 0.4) is 0 Å². The SMILES string of the molecule is CCOc1cc(/C=N\NC(=O)c2cc3cc([N+](=O)[O-])ccc3s2)ccc1OCc1ccccc1C#N. The molecule has 180 valence electrons. The molecule has 3 aromatic carbocycles. The van der Waals surface area contributed by atoms with Gasteiger partial charge in [-0.3, -0.25) is 14.9 Å². The lowest BCUT2D eigenvalue weighted by Crippen LogP contribution is -2.16. The van der Waals surface area contributed by atoms with E-state index in [1.165, 1.54) is 29.7 Å². The number of carbonyl (C=O) groups is 1. The maximum Gasteiger partial charge on any atom is 0.281 e. The zero-order chi connectivity index (χ0) is 25.5. The number of amides is 1. The minimum absolute atomic E-state index is 0.0305. The van der Waals surface area contributed by atoms with E-state index in [1.807, 2.05) is 19.1 Å². The van der Waals surface area contributed by atoms with Crippen molar-refractivity contribution in [3.8, 4) is 17.6 Å². The van der Waals surface area contributed by atoms with Crippen LogP contribution in [0.2, 0.25) is 0 Å². The molecule has 0 unspecified atom stereocenters. The molecule has 0 aliphatic rings. The third-order valence-electron chi connectivity index (χ3n) is 5.10. The average Bonchev–Trinajstić information content (AvgIpc) is 3.32. The van der Waals surface area contributed by atoms with Crippen LogP contribution in [-0.2, 0) is 6.61 Å². The molecule has 0 saturated carbocycles. The molecule has 36 heavy (non-hydrogen) atoms. The van der Waals surface area contributed by atoms with Crippen LogP contribution in [0.25, 0.3) is 10.1 Å². The number of nitrogens with zero attached hydrogens (tertiary/aromatic N) is 3. The third kappa shape index (κ3) is 5.65. The Morgan fingerprint density at radius 1 is 1.14 bits per heavy atom. The molecule has 1 amide bonds. The summed E-state index contributed by atoms with van der Waals surface area (Å²) in [7, 11) is 0. The number of non-ortho nitro benzene ring substituents is 1. The van der Waals surface area contributed by atoms with Gasteiger partial charge in [0.05, 0.1) is 34.3 Å². The number of hydrogen-bond acceptors (Lipinski definition) is 8. The summed E-state index contributed by atoms with van der Waals surface area (Å²) in [6, 6.07) is 20.7. The summed E-state index contributed by atoms with van der Waals surface area (Å²) in [6.45, 7) is 2.49. The molecule has 1 heterocycles. The predicted octanol–water partition coefficient (Wildman–Crippen LogP) is 5.42. The van der Waals surface area contributed by atoms with Gasteiger partial charge in [0.2, 0.25) is 0 Å². The van der Waals surface area contributed by atoms with Crippen molar-refractivity contribution in [2.75, 3.05) is 6.61 Å². The number of hydrogen-bond donors (Lipinski definition) is 1. The van der Waals surface area contributed by atoms with E-state index in [9.17, 15) is 20.2 Å². The molecule has 0 atom stereocenters. The number of thiophene rings is 1. The van der Waals surface area contributed by atoms with Gasteiger partial charge in [-0.2, -0.15) is 10.4 Å². The topological polar surface area (TPSA) is 127 Å². The van der Waals surface area contributed by atoms with Crippen LogP contribution < -0.4 is 14.9 Å². The van der Waals surface area contributed by atoms with Crippen LogP contribution in [0.4, 0.5) is 5.69 Å². The lowest BCUT2D eigenvalue weighted by molar-refractivity contribution is -0.384. The highest BCUT2D eigenvalue weighted by atomic mass is 32.1. The van der Waals surface area contributed by atoms with E-state index in [4.69, 9.17) is 9.47 Å². The first-order chi connectivity index (χ1) is 17.5. The lowest BCUT2D eigenvalue weighted by Gasteiger charge is -2.13. The van der Waals surface area contributed by atoms with Crippen molar-refractivity contribution >= 4 is 39.2 Å². The average molecular weight is 501 g/mol. The predicted molar refractivity (Wildman–Crippen MR) is 137 cm³/mol. The van der Waals surface area contributed by atoms with Gasteiger partial charge in [-0.1, -0.05) is 18.2 Å². The van der Waals surface area contributed by atoms with Gasteiger partial charge in [0.1, 0.15) is 6.61 Å². The Kier molecular flexibility index (Phi) is 7.53. The summed E-state index contributed by atoms with van der Waals surface area (Å²) in [5.41, 5.74) is 4.44. The number of fused-ring (bicyclic) bond motifs is 1. The first kappa shape index (κ1) is 24.4. The van der Waals surface area contributed by atoms with Crippen molar-refractivity contribution in [2.45, 2.75) is 13.5 Å². The Hall–Kier alpha value is -4.75. The van der Waals surface area contributed by atoms with Crippen LogP contribution in [0.5, 0.6) is 11.5 Å². The molecule has 0 aliphatic heterocycles. The molecule has 0 fully saturated rings. The van der Waals surface area contributed by atoms with Gasteiger partial charge < -0.3 is 9.47 Å². The Bertz CT molecular complexity index is 1510. The zero-order valence-corrected chi connectivity index (χ0v) is 20.0. The summed E-state index contributed by atoms with van der Waals surface area (Å²) in [5.74, 6) is 0.606. The smallest absolute Gasteiger partial charge is 0.281 e. The number of hydrazone groups is 1. The second-order valence-corrected chi connectivity index (χ2v) is 8.57. The monoisotopic (exact) mass is 500 g/mol. The molecular formula is C26H20N4O5S. The number of rotatable bonds is 9. The molecule has 4 rings (SSSR count). The number of nitrogens with one attached hydrogen (secondary N) is 1. The van der Waals surface area contributed by atoms with Crippen molar-refractivity contribution in [3.05, 3.63) is 98.4 Å². The maximum absolute atomic E-state index is 12.5. The number of benzene rings is 3. The second-order valence-electron chi connectivity index (χ2n) is 7.49. The van der Waals surface area contributed by atoms with Crippen molar-refractivity contribution in [3.63, 3.8) is 0 Å². The van der Waals surface area contributed by atoms with Gasteiger partial charge in [-0.05, 0) is 48.9 Å². The number of nitro groups is 1. The fraction of sp³-hybridized carbons (Fsp3) is 0.115. The maximum atomic E-state index is 12.5. The lowest BCUT2D eigenvalue weighted by atomic mass is 10.1. The summed E-state index contributed by atoms with van der Waals surface area (Å²) >= 11 is 1.22. The van der Waals surface area contributed by atoms with Gasteiger partial charge >= 0.3 is 0 Å². The van der Waals surface area contributed by atoms with E-state index in [2.05, 4.69) is 16.6 Å². The van der Waals surface area contributed by atoms with E-state index >= 15 is 0 Å². The minimum Gasteiger partial charge on any atom is -0.490 e. The van der Waals surface area contributed by atoms with Gasteiger partial charge in [0.15, 0.2) is 11.5 Å². The highest BCUT2D eigenvalue weighted by molar-refractivity contribution is 7.20. The molecule has 0 bridgehead atoms. The molecule has 1 aromatic heterocycles. The van der Waals surface area contributed by atoms with E-state index in [0.29, 0.717) is 39.5 Å². The summed E-state index contributed by atoms with van der Waals surface area (Å²) in [5, 5.41) is 24.9. The third-order valence-corrected chi connectivity index (χ3v) is 6.22. The quantitative estimate of drug-likeness (QED) is 0.186. The molecular weight excluding hydrogens is 480 g/mol. The van der Waals surface area contributed by atoms with Crippen molar-refractivity contribution < 1.29 is 19.2 Å². The number of nitro benzene ring substituents is 1. The Labute approximate surface area is 210 Å². The fourth-order valence-electron chi connectivity index (χ4n) is 3.38. The van der Waals surface area contributed by atoms with Crippen molar-refractivity contribution in [1.82, 2.24) is 5.43 Å². The van der Waals surface area contributed by atoms with Gasteiger partial charge in [-0.15, -0.1) is 11.3 Å². The van der Waals surface area contributed by atoms with Crippen LogP contribution in [0.15, 0.2) is 71.8 Å². The van der Waals surface area contributed by atoms with Crippen LogP contribution in [0, 0.1) is 21.4 Å². The van der Waals surface area contributed by atoms with Crippen molar-refractivity contribution in [2.24, 2.45) is 5.10 Å². The normalized spacial score (nSPS) is 10.8. The van der Waals surface area contributed by atoms with Crippen LogP contribution in [0.1, 0.15) is 33.3 Å². The van der Waals surface area contributed by atoms with Gasteiger partial charge in [-0.25, -0.2) is 5.43 Å². The molecule has 9 nitrogen and oxygen atoms in total. The Morgan fingerprint density at radius 3 is 2.75 bits per heavy atom. The van der Waals surface area contributed by atoms with E-state index in [-0.39, 0.29) is 12.3 Å². The molecule has 0 radical (unpaired) electrons. The first-order valence-corrected chi connectivity index (χ1v) is 11.7. The molecule has 1 N–H and O–H groups in total. The van der Waals surface area contributed by atoms with Gasteiger partial charge in [0.25, 0.3) is 11.6 Å². The Balaban J connectivity index is 1.43. The van der Waals surface area contributed by atoms with Crippen molar-refractivity contribution in [1.29, 1.82) is 5.26 Å². The molecule has 0 saturated heterocycles. The largest absolute Gasteiger partial charge is 0.490 e. The van der Waals surface area contributed by atoms with E-state index in [0.717, 1.165) is 10.3 Å². The number of carbonyl (C=O) groups excluding carboxylic acids is 1. The first-order valence-electron chi connectivity index (χ1n) is 10.9. The second kappa shape index (κ2) is 11.1. The van der Waals surface area contributed by atoms with Crippen LogP contribution in [-0.4, -0.2) is 23.7 Å².